The van der Waals surface area contributed by atoms with Gasteiger partial charge in [-0.2, -0.15) is 0 Å². The van der Waals surface area contributed by atoms with Crippen LogP contribution in [0.25, 0.3) is 0 Å². The maximum Gasteiger partial charge on any atom is 0.265 e. The third-order valence-corrected chi connectivity index (χ3v) is 5.66. The molecule has 0 aliphatic carbocycles. The van der Waals surface area contributed by atoms with Gasteiger partial charge >= 0.3 is 0 Å². The number of para-hydroxylation sites is 1. The van der Waals surface area contributed by atoms with Gasteiger partial charge in [0.15, 0.2) is 12.4 Å². The van der Waals surface area contributed by atoms with Crippen LogP contribution in [-0.4, -0.2) is 61.8 Å². The Hall–Kier alpha value is -3.42. The lowest BCUT2D eigenvalue weighted by Gasteiger charge is -2.37. The summed E-state index contributed by atoms with van der Waals surface area (Å²) in [4.78, 5) is 42.5. The first-order chi connectivity index (χ1) is 15.0. The molecule has 0 unspecified atom stereocenters. The van der Waals surface area contributed by atoms with Gasteiger partial charge in [-0.25, -0.2) is 4.39 Å². The van der Waals surface area contributed by atoms with Gasteiger partial charge in [0.2, 0.25) is 5.91 Å². The topological polar surface area (TPSA) is 70.2 Å². The fraction of sp³-hybridized carbons (Fsp3) is 0.348. The Morgan fingerprint density at radius 1 is 1.03 bits per heavy atom. The molecule has 162 valence electrons. The molecule has 2 aromatic carbocycles. The third kappa shape index (κ3) is 4.23. The summed E-state index contributed by atoms with van der Waals surface area (Å²) in [6.45, 7) is 3.39. The molecular formula is C23H24FN3O4. The van der Waals surface area contributed by atoms with Crippen LogP contribution in [0.4, 0.5) is 15.8 Å². The highest BCUT2D eigenvalue weighted by atomic mass is 19.1. The van der Waals surface area contributed by atoms with Crippen molar-refractivity contribution in [2.45, 2.75) is 13.3 Å². The number of Topliss-reactive ketones (excluding diaryl/α,β-unsaturated/α-hetero) is 1. The zero-order chi connectivity index (χ0) is 22.0. The molecule has 2 heterocycles. The minimum atomic E-state index is -0.327. The summed E-state index contributed by atoms with van der Waals surface area (Å²) in [6, 6.07) is 11.5. The SMILES string of the molecule is CCC(=O)c1ccc2c(c1)N(CC(=O)N1CCN(c3ccccc3F)CC1)C(=O)CO2. The number of carbonyl (C=O) groups is 3. The van der Waals surface area contributed by atoms with Crippen LogP contribution in [0.5, 0.6) is 5.75 Å². The number of halogens is 1. The lowest BCUT2D eigenvalue weighted by Crippen LogP contribution is -2.53. The number of anilines is 2. The molecule has 7 nitrogen and oxygen atoms in total. The zero-order valence-electron chi connectivity index (χ0n) is 17.3. The summed E-state index contributed by atoms with van der Waals surface area (Å²) in [7, 11) is 0. The fourth-order valence-electron chi connectivity index (χ4n) is 3.89. The van der Waals surface area contributed by atoms with Crippen molar-refractivity contribution >= 4 is 29.0 Å². The number of benzene rings is 2. The van der Waals surface area contributed by atoms with Crippen LogP contribution in [0.3, 0.4) is 0 Å². The number of fused-ring (bicyclic) bond motifs is 1. The van der Waals surface area contributed by atoms with Gasteiger partial charge < -0.3 is 14.5 Å². The van der Waals surface area contributed by atoms with Crippen LogP contribution in [-0.2, 0) is 9.59 Å². The van der Waals surface area contributed by atoms with Crippen LogP contribution in [0.15, 0.2) is 42.5 Å². The van der Waals surface area contributed by atoms with Crippen molar-refractivity contribution in [3.05, 3.63) is 53.8 Å². The quantitative estimate of drug-likeness (QED) is 0.689. The lowest BCUT2D eigenvalue weighted by molar-refractivity contribution is -0.132. The van der Waals surface area contributed by atoms with Crippen LogP contribution in [0.2, 0.25) is 0 Å². The highest BCUT2D eigenvalue weighted by Gasteiger charge is 2.31. The molecule has 1 fully saturated rings. The molecule has 0 aromatic heterocycles. The van der Waals surface area contributed by atoms with Gasteiger partial charge in [-0.3, -0.25) is 19.3 Å². The first kappa shape index (κ1) is 20.8. The molecule has 0 spiro atoms. The first-order valence-electron chi connectivity index (χ1n) is 10.4. The van der Waals surface area contributed by atoms with E-state index < -0.39 is 0 Å². The average Bonchev–Trinajstić information content (AvgIpc) is 2.80. The maximum absolute atomic E-state index is 14.0. The van der Waals surface area contributed by atoms with E-state index in [-0.39, 0.29) is 36.6 Å². The monoisotopic (exact) mass is 425 g/mol. The molecule has 1 saturated heterocycles. The number of nitrogens with zero attached hydrogens (tertiary/aromatic N) is 3. The number of ketones is 1. The number of rotatable bonds is 5. The van der Waals surface area contributed by atoms with E-state index in [1.54, 1.807) is 48.2 Å². The average molecular weight is 425 g/mol. The molecule has 0 bridgehead atoms. The predicted octanol–water partition coefficient (Wildman–Crippen LogP) is 2.49. The molecular weight excluding hydrogens is 401 g/mol. The van der Waals surface area contributed by atoms with Gasteiger partial charge in [0, 0.05) is 38.2 Å². The van der Waals surface area contributed by atoms with Crippen LogP contribution in [0, 0.1) is 5.82 Å². The zero-order valence-corrected chi connectivity index (χ0v) is 17.3. The summed E-state index contributed by atoms with van der Waals surface area (Å²) < 4.78 is 19.5. The second kappa shape index (κ2) is 8.75. The number of amides is 2. The predicted molar refractivity (Wildman–Crippen MR) is 114 cm³/mol. The second-order valence-electron chi connectivity index (χ2n) is 7.55. The molecule has 2 aromatic rings. The van der Waals surface area contributed by atoms with E-state index in [1.807, 2.05) is 4.90 Å². The van der Waals surface area contributed by atoms with Crippen molar-refractivity contribution in [3.63, 3.8) is 0 Å². The summed E-state index contributed by atoms with van der Waals surface area (Å²) >= 11 is 0. The van der Waals surface area contributed by atoms with Crippen molar-refractivity contribution in [1.29, 1.82) is 0 Å². The summed E-state index contributed by atoms with van der Waals surface area (Å²) in [5, 5.41) is 0. The Bertz CT molecular complexity index is 1020. The van der Waals surface area contributed by atoms with Gasteiger partial charge in [0.05, 0.1) is 11.4 Å². The standard InChI is InChI=1S/C23H24FN3O4/c1-2-20(28)16-7-8-21-19(13-16)27(23(30)15-31-21)14-22(29)26-11-9-25(10-12-26)18-6-4-3-5-17(18)24/h3-8,13H,2,9-12,14-15H2,1H3. The van der Waals surface area contributed by atoms with E-state index in [1.165, 1.54) is 11.0 Å². The second-order valence-corrected chi connectivity index (χ2v) is 7.55. The van der Waals surface area contributed by atoms with Crippen LogP contribution >= 0.6 is 0 Å². The van der Waals surface area contributed by atoms with Crippen LogP contribution < -0.4 is 14.5 Å². The van der Waals surface area contributed by atoms with Crippen molar-refractivity contribution < 1.29 is 23.5 Å². The molecule has 4 rings (SSSR count). The highest BCUT2D eigenvalue weighted by molar-refractivity contribution is 6.04. The molecule has 2 amide bonds. The molecule has 0 N–H and O–H groups in total. The molecule has 0 atom stereocenters. The summed E-state index contributed by atoms with van der Waals surface area (Å²) in [6.07, 6.45) is 0.346. The normalized spacial score (nSPS) is 16.1. The van der Waals surface area contributed by atoms with E-state index >= 15 is 0 Å². The highest BCUT2D eigenvalue weighted by Crippen LogP contribution is 2.33. The van der Waals surface area contributed by atoms with E-state index in [2.05, 4.69) is 0 Å². The lowest BCUT2D eigenvalue weighted by atomic mass is 10.1. The number of hydrogen-bond acceptors (Lipinski definition) is 5. The molecule has 2 aliphatic rings. The van der Waals surface area contributed by atoms with Crippen molar-refractivity contribution in [3.8, 4) is 5.75 Å². The van der Waals surface area contributed by atoms with E-state index in [0.717, 1.165) is 0 Å². The Balaban J connectivity index is 1.45. The third-order valence-electron chi connectivity index (χ3n) is 5.66. The molecule has 0 saturated carbocycles. The van der Waals surface area contributed by atoms with Gasteiger partial charge in [-0.05, 0) is 30.3 Å². The van der Waals surface area contributed by atoms with Gasteiger partial charge in [-0.15, -0.1) is 0 Å². The van der Waals surface area contributed by atoms with E-state index in [9.17, 15) is 18.8 Å². The molecule has 31 heavy (non-hydrogen) atoms. The number of ether oxygens (including phenoxy) is 1. The number of piperazine rings is 1. The Morgan fingerprint density at radius 2 is 1.77 bits per heavy atom. The number of carbonyl (C=O) groups excluding carboxylic acids is 3. The van der Waals surface area contributed by atoms with Gasteiger partial charge in [0.1, 0.15) is 18.1 Å². The maximum atomic E-state index is 14.0. The Labute approximate surface area is 180 Å². The first-order valence-corrected chi connectivity index (χ1v) is 10.4. The van der Waals surface area contributed by atoms with Gasteiger partial charge in [0.25, 0.3) is 5.91 Å². The van der Waals surface area contributed by atoms with Crippen LogP contribution in [0.1, 0.15) is 23.7 Å². The van der Waals surface area contributed by atoms with Crippen molar-refractivity contribution in [2.75, 3.05) is 49.1 Å². The molecule has 2 aliphatic heterocycles. The molecule has 0 radical (unpaired) electrons. The minimum Gasteiger partial charge on any atom is -0.482 e. The summed E-state index contributed by atoms with van der Waals surface area (Å²) in [5.74, 6) is -0.371. The minimum absolute atomic E-state index is 0.0450. The van der Waals surface area contributed by atoms with Gasteiger partial charge in [-0.1, -0.05) is 19.1 Å². The Kier molecular flexibility index (Phi) is 5.88. The van der Waals surface area contributed by atoms with Crippen molar-refractivity contribution in [2.24, 2.45) is 0 Å². The smallest absolute Gasteiger partial charge is 0.265 e. The largest absolute Gasteiger partial charge is 0.482 e. The Morgan fingerprint density at radius 3 is 2.48 bits per heavy atom. The van der Waals surface area contributed by atoms with E-state index in [0.29, 0.717) is 55.3 Å². The van der Waals surface area contributed by atoms with Crippen molar-refractivity contribution in [1.82, 2.24) is 4.90 Å². The number of hydrogen-bond donors (Lipinski definition) is 0. The fourth-order valence-corrected chi connectivity index (χ4v) is 3.89. The summed E-state index contributed by atoms with van der Waals surface area (Å²) in [5.41, 5.74) is 1.45. The van der Waals surface area contributed by atoms with E-state index in [4.69, 9.17) is 4.74 Å². The molecule has 8 heteroatoms.